The summed E-state index contributed by atoms with van der Waals surface area (Å²) in [5.74, 6) is 0.253. The molecule has 4 nitrogen and oxygen atoms in total. The van der Waals surface area contributed by atoms with Crippen LogP contribution >= 0.6 is 0 Å². The second-order valence-electron chi connectivity index (χ2n) is 6.86. The lowest BCUT2D eigenvalue weighted by molar-refractivity contribution is 0.224. The van der Waals surface area contributed by atoms with E-state index in [0.29, 0.717) is 5.92 Å². The van der Waals surface area contributed by atoms with Crippen LogP contribution in [-0.4, -0.2) is 23.8 Å². The Morgan fingerprint density at radius 1 is 1.21 bits per heavy atom. The van der Waals surface area contributed by atoms with Gasteiger partial charge in [0.2, 0.25) is 0 Å². The summed E-state index contributed by atoms with van der Waals surface area (Å²) in [6, 6.07) is 6.08. The number of halogens is 1. The zero-order chi connectivity index (χ0) is 16.9. The fraction of sp³-hybridized carbons (Fsp3) is 0.526. The first-order valence-corrected chi connectivity index (χ1v) is 8.77. The molecule has 1 fully saturated rings. The lowest BCUT2D eigenvalue weighted by Gasteiger charge is -2.26. The summed E-state index contributed by atoms with van der Waals surface area (Å²) in [5.41, 5.74) is 0.952. The molecule has 0 aliphatic heterocycles. The second kappa shape index (κ2) is 7.79. The molecule has 2 amide bonds. The van der Waals surface area contributed by atoms with Crippen LogP contribution in [0, 0.1) is 17.7 Å². The molecule has 3 atom stereocenters. The van der Waals surface area contributed by atoms with Crippen molar-refractivity contribution in [2.75, 3.05) is 6.61 Å². The molecule has 1 aromatic rings. The fourth-order valence-corrected chi connectivity index (χ4v) is 3.80. The highest BCUT2D eigenvalue weighted by molar-refractivity contribution is 5.75. The summed E-state index contributed by atoms with van der Waals surface area (Å²) in [6.07, 6.45) is 9.12. The Hall–Kier alpha value is -1.88. The van der Waals surface area contributed by atoms with Crippen molar-refractivity contribution < 1.29 is 14.3 Å². The largest absolute Gasteiger partial charge is 0.396 e. The van der Waals surface area contributed by atoms with Crippen LogP contribution in [-0.2, 0) is 0 Å². The van der Waals surface area contributed by atoms with Crippen LogP contribution in [0.25, 0.3) is 0 Å². The number of benzene rings is 1. The smallest absolute Gasteiger partial charge is 0.315 e. The van der Waals surface area contributed by atoms with E-state index in [1.807, 2.05) is 12.2 Å². The van der Waals surface area contributed by atoms with Crippen molar-refractivity contribution in [3.05, 3.63) is 47.8 Å². The molecule has 0 radical (unpaired) electrons. The van der Waals surface area contributed by atoms with Gasteiger partial charge in [-0.15, -0.1) is 0 Å². The highest BCUT2D eigenvalue weighted by atomic mass is 19.1. The molecule has 0 spiro atoms. The summed E-state index contributed by atoms with van der Waals surface area (Å²) >= 11 is 0. The van der Waals surface area contributed by atoms with Crippen molar-refractivity contribution in [2.24, 2.45) is 11.8 Å². The summed E-state index contributed by atoms with van der Waals surface area (Å²) < 4.78 is 13.2. The first-order chi connectivity index (χ1) is 11.7. The third-order valence-corrected chi connectivity index (χ3v) is 5.11. The Kier molecular flexibility index (Phi) is 5.51. The number of amides is 2. The lowest BCUT2D eigenvalue weighted by atomic mass is 9.91. The van der Waals surface area contributed by atoms with Crippen molar-refractivity contribution in [3.63, 3.8) is 0 Å². The van der Waals surface area contributed by atoms with Crippen molar-refractivity contribution in [3.8, 4) is 0 Å². The predicted octanol–water partition coefficient (Wildman–Crippen LogP) is 3.29. The van der Waals surface area contributed by atoms with E-state index in [4.69, 9.17) is 5.11 Å². The van der Waals surface area contributed by atoms with Crippen LogP contribution < -0.4 is 10.6 Å². The van der Waals surface area contributed by atoms with Gasteiger partial charge in [-0.25, -0.2) is 9.18 Å². The van der Waals surface area contributed by atoms with Gasteiger partial charge in [0.1, 0.15) is 5.82 Å². The van der Waals surface area contributed by atoms with E-state index in [9.17, 15) is 9.18 Å². The number of aliphatic hydroxyl groups is 1. The summed E-state index contributed by atoms with van der Waals surface area (Å²) in [4.78, 5) is 12.4. The standard InChI is InChI=1S/C19H25FN2O2/c20-16-8-6-15(7-9-16)18(14-3-1-2-4-14)22-19(24)21-17-10-5-13(11-17)12-23/h5-10,13-14,17-18,23H,1-4,11-12H2,(H2,21,22,24)/t13-,17+,18?/m0/s1. The van der Waals surface area contributed by atoms with Crippen molar-refractivity contribution in [1.82, 2.24) is 10.6 Å². The van der Waals surface area contributed by atoms with Gasteiger partial charge in [0, 0.05) is 18.6 Å². The number of aliphatic hydroxyl groups excluding tert-OH is 1. The Morgan fingerprint density at radius 3 is 2.54 bits per heavy atom. The number of carbonyl (C=O) groups excluding carboxylic acids is 1. The predicted molar refractivity (Wildman–Crippen MR) is 90.9 cm³/mol. The first kappa shape index (κ1) is 17.0. The summed E-state index contributed by atoms with van der Waals surface area (Å²) in [6.45, 7) is 0.108. The number of nitrogens with one attached hydrogen (secondary N) is 2. The molecule has 3 rings (SSSR count). The Labute approximate surface area is 142 Å². The van der Waals surface area contributed by atoms with Crippen LogP contribution in [0.4, 0.5) is 9.18 Å². The maximum atomic E-state index is 13.2. The van der Waals surface area contributed by atoms with Gasteiger partial charge in [0.25, 0.3) is 0 Å². The maximum Gasteiger partial charge on any atom is 0.315 e. The number of hydrogen-bond donors (Lipinski definition) is 3. The molecule has 1 saturated carbocycles. The normalized spacial score (nSPS) is 24.9. The van der Waals surface area contributed by atoms with E-state index in [1.165, 1.54) is 25.0 Å². The molecule has 2 aliphatic rings. The first-order valence-electron chi connectivity index (χ1n) is 8.77. The molecular formula is C19H25FN2O2. The van der Waals surface area contributed by atoms with E-state index in [-0.39, 0.29) is 36.5 Å². The van der Waals surface area contributed by atoms with E-state index in [1.54, 1.807) is 12.1 Å². The molecule has 24 heavy (non-hydrogen) atoms. The summed E-state index contributed by atoms with van der Waals surface area (Å²) in [7, 11) is 0. The van der Waals surface area contributed by atoms with Gasteiger partial charge in [-0.1, -0.05) is 37.1 Å². The third kappa shape index (κ3) is 4.15. The molecule has 5 heteroatoms. The van der Waals surface area contributed by atoms with Crippen LogP contribution in [0.2, 0.25) is 0 Å². The number of rotatable bonds is 5. The molecule has 0 saturated heterocycles. The number of carbonyl (C=O) groups is 1. The van der Waals surface area contributed by atoms with Gasteiger partial charge in [-0.05, 0) is 42.9 Å². The van der Waals surface area contributed by atoms with Crippen LogP contribution in [0.5, 0.6) is 0 Å². The monoisotopic (exact) mass is 332 g/mol. The topological polar surface area (TPSA) is 61.4 Å². The molecule has 1 unspecified atom stereocenters. The van der Waals surface area contributed by atoms with E-state index >= 15 is 0 Å². The highest BCUT2D eigenvalue weighted by Gasteiger charge is 2.28. The fourth-order valence-electron chi connectivity index (χ4n) is 3.80. The molecule has 0 heterocycles. The van der Waals surface area contributed by atoms with Gasteiger partial charge in [0.15, 0.2) is 0 Å². The molecule has 3 N–H and O–H groups in total. The van der Waals surface area contributed by atoms with Gasteiger partial charge in [-0.2, -0.15) is 0 Å². The molecular weight excluding hydrogens is 307 g/mol. The highest BCUT2D eigenvalue weighted by Crippen LogP contribution is 2.35. The maximum absolute atomic E-state index is 13.2. The molecule has 0 bridgehead atoms. The van der Waals surface area contributed by atoms with Crippen LogP contribution in [0.15, 0.2) is 36.4 Å². The van der Waals surface area contributed by atoms with E-state index in [2.05, 4.69) is 10.6 Å². The SMILES string of the molecule is O=C(NC(c1ccc(F)cc1)C1CCCC1)N[C@@H]1C=C[C@H](CO)C1. The van der Waals surface area contributed by atoms with Crippen LogP contribution in [0.1, 0.15) is 43.7 Å². The van der Waals surface area contributed by atoms with Gasteiger partial charge in [0.05, 0.1) is 6.04 Å². The van der Waals surface area contributed by atoms with Gasteiger partial charge in [-0.3, -0.25) is 0 Å². The molecule has 0 aromatic heterocycles. The Bertz CT molecular complexity index is 582. The molecule has 130 valence electrons. The average molecular weight is 332 g/mol. The Balaban J connectivity index is 1.64. The third-order valence-electron chi connectivity index (χ3n) is 5.11. The number of hydrogen-bond acceptors (Lipinski definition) is 2. The molecule has 1 aromatic carbocycles. The van der Waals surface area contributed by atoms with Crippen molar-refractivity contribution in [1.29, 1.82) is 0 Å². The van der Waals surface area contributed by atoms with E-state index in [0.717, 1.165) is 24.8 Å². The van der Waals surface area contributed by atoms with Gasteiger partial charge < -0.3 is 15.7 Å². The lowest BCUT2D eigenvalue weighted by Crippen LogP contribution is -2.44. The average Bonchev–Trinajstić information content (AvgIpc) is 3.25. The zero-order valence-corrected chi connectivity index (χ0v) is 13.7. The second-order valence-corrected chi connectivity index (χ2v) is 6.86. The minimum atomic E-state index is -0.264. The molecule has 2 aliphatic carbocycles. The van der Waals surface area contributed by atoms with E-state index < -0.39 is 0 Å². The van der Waals surface area contributed by atoms with Crippen LogP contribution in [0.3, 0.4) is 0 Å². The minimum Gasteiger partial charge on any atom is -0.396 e. The van der Waals surface area contributed by atoms with Gasteiger partial charge >= 0.3 is 6.03 Å². The summed E-state index contributed by atoms with van der Waals surface area (Å²) in [5, 5.41) is 15.2. The number of urea groups is 1. The van der Waals surface area contributed by atoms with Crippen molar-refractivity contribution in [2.45, 2.75) is 44.2 Å². The zero-order valence-electron chi connectivity index (χ0n) is 13.7. The Morgan fingerprint density at radius 2 is 1.92 bits per heavy atom. The van der Waals surface area contributed by atoms with Crippen molar-refractivity contribution >= 4 is 6.03 Å². The quantitative estimate of drug-likeness (QED) is 0.725. The minimum absolute atomic E-state index is 0.0420.